The van der Waals surface area contributed by atoms with E-state index in [1.54, 1.807) is 0 Å². The van der Waals surface area contributed by atoms with Crippen molar-refractivity contribution in [2.24, 2.45) is 0 Å². The van der Waals surface area contributed by atoms with E-state index in [1.807, 2.05) is 0 Å². The topological polar surface area (TPSA) is 3.24 Å². The van der Waals surface area contributed by atoms with Crippen LogP contribution in [-0.4, -0.2) is 18.5 Å². The van der Waals surface area contributed by atoms with E-state index in [0.29, 0.717) is 0 Å². The van der Waals surface area contributed by atoms with Gasteiger partial charge in [0.15, 0.2) is 0 Å². The predicted octanol–water partition coefficient (Wildman–Crippen LogP) is 5.10. The lowest BCUT2D eigenvalue weighted by atomic mass is 9.86. The third kappa shape index (κ3) is 4.18. The molecule has 2 aromatic carbocycles. The van der Waals surface area contributed by atoms with Gasteiger partial charge in [-0.05, 0) is 47.3 Å². The molecule has 0 radical (unpaired) electrons. The van der Waals surface area contributed by atoms with Crippen LogP contribution in [0.4, 0.5) is 0 Å². The summed E-state index contributed by atoms with van der Waals surface area (Å²) in [7, 11) is 2.16. The van der Waals surface area contributed by atoms with Gasteiger partial charge in [-0.2, -0.15) is 0 Å². The van der Waals surface area contributed by atoms with Gasteiger partial charge < -0.3 is 4.90 Å². The smallest absolute Gasteiger partial charge is 0.0230 e. The molecule has 0 heterocycles. The summed E-state index contributed by atoms with van der Waals surface area (Å²) in [6, 6.07) is 17.8. The Morgan fingerprint density at radius 1 is 0.905 bits per heavy atom. The Hall–Kier alpha value is -1.60. The van der Waals surface area contributed by atoms with Crippen LogP contribution in [0.5, 0.6) is 0 Å². The molecule has 1 heteroatoms. The second-order valence-electron chi connectivity index (χ2n) is 6.86. The molecule has 0 N–H and O–H groups in total. The van der Waals surface area contributed by atoms with Crippen LogP contribution < -0.4 is 0 Å². The summed E-state index contributed by atoms with van der Waals surface area (Å²) in [4.78, 5) is 2.32. The maximum absolute atomic E-state index is 2.32. The van der Waals surface area contributed by atoms with Gasteiger partial charge in [-0.15, -0.1) is 0 Å². The first kappa shape index (κ1) is 15.8. The molecule has 21 heavy (non-hydrogen) atoms. The Bertz CT molecular complexity index is 576. The molecule has 0 saturated carbocycles. The summed E-state index contributed by atoms with van der Waals surface area (Å²) in [5, 5.41) is 0. The highest BCUT2D eigenvalue weighted by Crippen LogP contribution is 2.26. The minimum Gasteiger partial charge on any atom is -0.302 e. The average Bonchev–Trinajstić information content (AvgIpc) is 2.46. The van der Waals surface area contributed by atoms with Crippen molar-refractivity contribution in [2.45, 2.75) is 39.7 Å². The highest BCUT2D eigenvalue weighted by atomic mass is 15.1. The van der Waals surface area contributed by atoms with E-state index in [2.05, 4.69) is 88.2 Å². The molecule has 0 aliphatic carbocycles. The monoisotopic (exact) mass is 281 g/mol. The Morgan fingerprint density at radius 3 is 2.14 bits per heavy atom. The summed E-state index contributed by atoms with van der Waals surface area (Å²) >= 11 is 0. The molecule has 0 aliphatic heterocycles. The van der Waals surface area contributed by atoms with Crippen LogP contribution in [0.3, 0.4) is 0 Å². The van der Waals surface area contributed by atoms with Gasteiger partial charge in [-0.3, -0.25) is 0 Å². The van der Waals surface area contributed by atoms with Gasteiger partial charge in [0.2, 0.25) is 0 Å². The largest absolute Gasteiger partial charge is 0.302 e. The molecule has 0 spiro atoms. The van der Waals surface area contributed by atoms with Crippen LogP contribution in [0.2, 0.25) is 0 Å². The van der Waals surface area contributed by atoms with Crippen molar-refractivity contribution < 1.29 is 0 Å². The zero-order valence-corrected chi connectivity index (χ0v) is 14.0. The maximum atomic E-state index is 2.32. The molecule has 1 nitrogen and oxygen atoms in total. The summed E-state index contributed by atoms with van der Waals surface area (Å²) in [6.45, 7) is 11.0. The van der Waals surface area contributed by atoms with Gasteiger partial charge >= 0.3 is 0 Å². The summed E-state index contributed by atoms with van der Waals surface area (Å²) in [6.07, 6.45) is 0. The van der Waals surface area contributed by atoms with Crippen LogP contribution in [0.1, 0.15) is 38.8 Å². The number of benzene rings is 2. The van der Waals surface area contributed by atoms with Crippen molar-refractivity contribution >= 4 is 0 Å². The molecule has 0 saturated heterocycles. The third-order valence-corrected chi connectivity index (χ3v) is 4.00. The van der Waals surface area contributed by atoms with E-state index in [0.717, 1.165) is 13.1 Å². The van der Waals surface area contributed by atoms with Crippen LogP contribution in [0.25, 0.3) is 11.1 Å². The van der Waals surface area contributed by atoms with E-state index < -0.39 is 0 Å². The lowest BCUT2D eigenvalue weighted by molar-refractivity contribution is 0.346. The Labute approximate surface area is 129 Å². The molecule has 0 bridgehead atoms. The van der Waals surface area contributed by atoms with Crippen molar-refractivity contribution in [3.63, 3.8) is 0 Å². The van der Waals surface area contributed by atoms with Gasteiger partial charge in [0, 0.05) is 6.54 Å². The van der Waals surface area contributed by atoms with Crippen molar-refractivity contribution in [3.8, 4) is 11.1 Å². The molecular weight excluding hydrogens is 254 g/mol. The van der Waals surface area contributed by atoms with E-state index in [1.165, 1.54) is 22.3 Å². The Kier molecular flexibility index (Phi) is 4.84. The van der Waals surface area contributed by atoms with E-state index in [-0.39, 0.29) is 5.41 Å². The van der Waals surface area contributed by atoms with Crippen LogP contribution >= 0.6 is 0 Å². The second-order valence-corrected chi connectivity index (χ2v) is 6.86. The van der Waals surface area contributed by atoms with Crippen LogP contribution in [-0.2, 0) is 12.0 Å². The fourth-order valence-corrected chi connectivity index (χ4v) is 2.44. The van der Waals surface area contributed by atoms with Gasteiger partial charge in [0.1, 0.15) is 0 Å². The van der Waals surface area contributed by atoms with Crippen LogP contribution in [0, 0.1) is 0 Å². The normalized spacial score (nSPS) is 11.9. The first-order valence-electron chi connectivity index (χ1n) is 7.78. The van der Waals surface area contributed by atoms with Gasteiger partial charge in [0.25, 0.3) is 0 Å². The molecule has 0 amide bonds. The zero-order valence-electron chi connectivity index (χ0n) is 14.0. The Balaban J connectivity index is 2.24. The van der Waals surface area contributed by atoms with Crippen molar-refractivity contribution in [3.05, 3.63) is 59.7 Å². The fraction of sp³-hybridized carbons (Fsp3) is 0.400. The summed E-state index contributed by atoms with van der Waals surface area (Å²) in [5.74, 6) is 0. The number of hydrogen-bond acceptors (Lipinski definition) is 1. The minimum atomic E-state index is 0.213. The molecule has 112 valence electrons. The zero-order chi connectivity index (χ0) is 15.5. The van der Waals surface area contributed by atoms with Gasteiger partial charge in [-0.25, -0.2) is 0 Å². The first-order valence-corrected chi connectivity index (χ1v) is 7.78. The van der Waals surface area contributed by atoms with E-state index in [9.17, 15) is 0 Å². The second kappa shape index (κ2) is 6.44. The minimum absolute atomic E-state index is 0.213. The van der Waals surface area contributed by atoms with Gasteiger partial charge in [0.05, 0.1) is 0 Å². The lowest BCUT2D eigenvalue weighted by Gasteiger charge is -2.19. The molecule has 0 atom stereocenters. The van der Waals surface area contributed by atoms with Crippen molar-refractivity contribution in [2.75, 3.05) is 13.6 Å². The van der Waals surface area contributed by atoms with E-state index in [4.69, 9.17) is 0 Å². The predicted molar refractivity (Wildman–Crippen MR) is 92.6 cm³/mol. The molecule has 0 unspecified atom stereocenters. The maximum Gasteiger partial charge on any atom is 0.0230 e. The number of rotatable bonds is 4. The standard InChI is InChI=1S/C20H27N/c1-6-21(5)15-16-8-7-9-18(14-16)17-10-12-19(13-11-17)20(2,3)4/h7-14H,6,15H2,1-5H3. The molecule has 0 aromatic heterocycles. The quantitative estimate of drug-likeness (QED) is 0.753. The Morgan fingerprint density at radius 2 is 1.57 bits per heavy atom. The lowest BCUT2D eigenvalue weighted by Crippen LogP contribution is -2.16. The number of nitrogens with zero attached hydrogens (tertiary/aromatic N) is 1. The fourth-order valence-electron chi connectivity index (χ4n) is 2.44. The van der Waals surface area contributed by atoms with Crippen LogP contribution in [0.15, 0.2) is 48.5 Å². The molecule has 2 rings (SSSR count). The highest BCUT2D eigenvalue weighted by Gasteiger charge is 2.13. The summed E-state index contributed by atoms with van der Waals surface area (Å²) < 4.78 is 0. The SMILES string of the molecule is CCN(C)Cc1cccc(-c2ccc(C(C)(C)C)cc2)c1. The van der Waals surface area contributed by atoms with Gasteiger partial charge in [-0.1, -0.05) is 70.2 Å². The highest BCUT2D eigenvalue weighted by molar-refractivity contribution is 5.64. The van der Waals surface area contributed by atoms with Crippen molar-refractivity contribution in [1.82, 2.24) is 4.90 Å². The molecule has 0 fully saturated rings. The summed E-state index contributed by atoms with van der Waals surface area (Å²) in [5.41, 5.74) is 5.57. The molecule has 2 aromatic rings. The van der Waals surface area contributed by atoms with Crippen molar-refractivity contribution in [1.29, 1.82) is 0 Å². The third-order valence-electron chi connectivity index (χ3n) is 4.00. The molecular formula is C20H27N. The average molecular weight is 281 g/mol. The first-order chi connectivity index (χ1) is 9.90. The molecule has 0 aliphatic rings. The number of hydrogen-bond donors (Lipinski definition) is 0. The van der Waals surface area contributed by atoms with E-state index >= 15 is 0 Å².